The van der Waals surface area contributed by atoms with Crippen molar-refractivity contribution >= 4 is 63.2 Å². The molecule has 2 heterocycles. The number of benzene rings is 3. The average Bonchev–Trinajstić information content (AvgIpc) is 3.54. The van der Waals surface area contributed by atoms with Crippen LogP contribution in [-0.2, 0) is 0 Å². The molecule has 1 amide bonds. The third kappa shape index (κ3) is 5.31. The van der Waals surface area contributed by atoms with Crippen molar-refractivity contribution in [1.82, 2.24) is 10.3 Å². The van der Waals surface area contributed by atoms with Gasteiger partial charge in [-0.3, -0.25) is 10.1 Å². The maximum Gasteiger partial charge on any atom is 0.293 e. The highest BCUT2D eigenvalue weighted by molar-refractivity contribution is 7.80. The number of furan rings is 1. The summed E-state index contributed by atoms with van der Waals surface area (Å²) in [6.45, 7) is 6.22. The van der Waals surface area contributed by atoms with Crippen LogP contribution in [0.3, 0.4) is 0 Å². The van der Waals surface area contributed by atoms with Gasteiger partial charge in [0.25, 0.3) is 5.91 Å². The normalized spacial score (nSPS) is 11.2. The summed E-state index contributed by atoms with van der Waals surface area (Å²) >= 11 is 17.8. The Balaban J connectivity index is 1.31. The number of aryl methyl sites for hydroxylation is 1. The molecule has 0 radical (unpaired) electrons. The second kappa shape index (κ2) is 10.6. The zero-order valence-electron chi connectivity index (χ0n) is 20.8. The molecule has 0 aliphatic carbocycles. The van der Waals surface area contributed by atoms with Crippen LogP contribution in [0.1, 0.15) is 41.4 Å². The molecule has 2 N–H and O–H groups in total. The Morgan fingerprint density at radius 1 is 1.00 bits per heavy atom. The number of carbonyl (C=O) groups excluding carboxylic acids is 1. The molecule has 2 aromatic heterocycles. The van der Waals surface area contributed by atoms with E-state index in [4.69, 9.17) is 44.3 Å². The molecule has 0 unspecified atom stereocenters. The molecule has 6 nitrogen and oxygen atoms in total. The number of thiocarbonyl (C=S) groups is 1. The van der Waals surface area contributed by atoms with Crippen molar-refractivity contribution in [2.75, 3.05) is 5.32 Å². The first-order valence-electron chi connectivity index (χ1n) is 11.9. The number of amides is 1. The Morgan fingerprint density at radius 3 is 2.61 bits per heavy atom. The summed E-state index contributed by atoms with van der Waals surface area (Å²) in [5.74, 6) is 0.900. The lowest BCUT2D eigenvalue weighted by molar-refractivity contribution is 0.0951. The van der Waals surface area contributed by atoms with Gasteiger partial charge >= 0.3 is 0 Å². The Labute approximate surface area is 235 Å². The second-order valence-electron chi connectivity index (χ2n) is 9.10. The summed E-state index contributed by atoms with van der Waals surface area (Å²) in [4.78, 5) is 17.4. The Kier molecular flexibility index (Phi) is 7.25. The lowest BCUT2D eigenvalue weighted by Gasteiger charge is -2.12. The van der Waals surface area contributed by atoms with E-state index < -0.39 is 5.91 Å². The SMILES string of the molecule is Cc1ccc(-c2nc3cc(C(C)C)ccc3o2)cc1NC(=S)NC(=O)c1ccc(-c2cccc(Cl)c2Cl)o1. The minimum atomic E-state index is -0.499. The van der Waals surface area contributed by atoms with Gasteiger partial charge in [-0.25, -0.2) is 4.98 Å². The minimum Gasteiger partial charge on any atom is -0.451 e. The van der Waals surface area contributed by atoms with Gasteiger partial charge in [0.15, 0.2) is 16.5 Å². The van der Waals surface area contributed by atoms with E-state index >= 15 is 0 Å². The third-order valence-corrected chi connectivity index (χ3v) is 7.11. The predicted octanol–water partition coefficient (Wildman–Crippen LogP) is 8.62. The summed E-state index contributed by atoms with van der Waals surface area (Å²) in [5.41, 5.74) is 5.74. The van der Waals surface area contributed by atoms with Gasteiger partial charge in [-0.05, 0) is 84.7 Å². The molecule has 0 aliphatic heterocycles. The summed E-state index contributed by atoms with van der Waals surface area (Å²) in [6, 6.07) is 20.2. The van der Waals surface area contributed by atoms with Crippen LogP contribution in [0.4, 0.5) is 5.69 Å². The molecular formula is C29H23Cl2N3O3S. The summed E-state index contributed by atoms with van der Waals surface area (Å²) in [6.07, 6.45) is 0. The fraction of sp³-hybridized carbons (Fsp3) is 0.138. The highest BCUT2D eigenvalue weighted by atomic mass is 35.5. The van der Waals surface area contributed by atoms with Gasteiger partial charge in [-0.15, -0.1) is 0 Å². The van der Waals surface area contributed by atoms with Crippen LogP contribution in [0.2, 0.25) is 10.0 Å². The predicted molar refractivity (Wildman–Crippen MR) is 156 cm³/mol. The monoisotopic (exact) mass is 563 g/mol. The number of aromatic nitrogens is 1. The zero-order chi connectivity index (χ0) is 27.0. The lowest BCUT2D eigenvalue weighted by atomic mass is 10.0. The molecule has 192 valence electrons. The van der Waals surface area contributed by atoms with Crippen molar-refractivity contribution in [2.45, 2.75) is 26.7 Å². The Hall–Kier alpha value is -3.65. The number of fused-ring (bicyclic) bond motifs is 1. The van der Waals surface area contributed by atoms with Crippen molar-refractivity contribution < 1.29 is 13.6 Å². The van der Waals surface area contributed by atoms with Gasteiger partial charge in [0.2, 0.25) is 5.89 Å². The second-order valence-corrected chi connectivity index (χ2v) is 10.3. The van der Waals surface area contributed by atoms with E-state index in [1.165, 1.54) is 5.56 Å². The maximum absolute atomic E-state index is 12.8. The highest BCUT2D eigenvalue weighted by Gasteiger charge is 2.17. The van der Waals surface area contributed by atoms with Crippen molar-refractivity contribution in [3.05, 3.63) is 93.7 Å². The Bertz CT molecular complexity index is 1690. The number of hydrogen-bond donors (Lipinski definition) is 2. The van der Waals surface area contributed by atoms with Gasteiger partial charge in [0.05, 0.1) is 10.0 Å². The molecule has 5 aromatic rings. The Morgan fingerprint density at radius 2 is 1.82 bits per heavy atom. The van der Waals surface area contributed by atoms with E-state index in [0.29, 0.717) is 38.9 Å². The van der Waals surface area contributed by atoms with Crippen molar-refractivity contribution in [3.8, 4) is 22.8 Å². The molecular weight excluding hydrogens is 541 g/mol. The number of carbonyl (C=O) groups is 1. The molecule has 0 atom stereocenters. The number of anilines is 1. The molecule has 5 rings (SSSR count). The van der Waals surface area contributed by atoms with Crippen molar-refractivity contribution in [3.63, 3.8) is 0 Å². The first kappa shape index (κ1) is 26.0. The van der Waals surface area contributed by atoms with Crippen LogP contribution in [0.25, 0.3) is 33.9 Å². The van der Waals surface area contributed by atoms with Crippen LogP contribution in [-0.4, -0.2) is 16.0 Å². The highest BCUT2D eigenvalue weighted by Crippen LogP contribution is 2.34. The molecule has 38 heavy (non-hydrogen) atoms. The van der Waals surface area contributed by atoms with Gasteiger partial charge in [0, 0.05) is 16.8 Å². The molecule has 0 saturated carbocycles. The third-order valence-electron chi connectivity index (χ3n) is 6.08. The van der Waals surface area contributed by atoms with E-state index in [0.717, 1.165) is 22.2 Å². The molecule has 0 bridgehead atoms. The van der Waals surface area contributed by atoms with Gasteiger partial charge in [-0.2, -0.15) is 0 Å². The lowest BCUT2D eigenvalue weighted by Crippen LogP contribution is -2.34. The summed E-state index contributed by atoms with van der Waals surface area (Å²) in [7, 11) is 0. The number of hydrogen-bond acceptors (Lipinski definition) is 5. The van der Waals surface area contributed by atoms with Crippen LogP contribution in [0.15, 0.2) is 75.6 Å². The van der Waals surface area contributed by atoms with Crippen LogP contribution in [0, 0.1) is 6.92 Å². The van der Waals surface area contributed by atoms with Crippen LogP contribution in [0.5, 0.6) is 0 Å². The van der Waals surface area contributed by atoms with E-state index in [1.807, 2.05) is 37.3 Å². The quantitative estimate of drug-likeness (QED) is 0.208. The summed E-state index contributed by atoms with van der Waals surface area (Å²) < 4.78 is 11.7. The number of nitrogens with zero attached hydrogens (tertiary/aromatic N) is 1. The fourth-order valence-electron chi connectivity index (χ4n) is 3.93. The van der Waals surface area contributed by atoms with Crippen LogP contribution >= 0.6 is 35.4 Å². The molecule has 3 aromatic carbocycles. The smallest absolute Gasteiger partial charge is 0.293 e. The minimum absolute atomic E-state index is 0.0814. The topological polar surface area (TPSA) is 80.3 Å². The molecule has 0 fully saturated rings. The largest absolute Gasteiger partial charge is 0.451 e. The van der Waals surface area contributed by atoms with Crippen LogP contribution < -0.4 is 10.6 Å². The van der Waals surface area contributed by atoms with E-state index in [2.05, 4.69) is 35.5 Å². The average molecular weight is 564 g/mol. The molecule has 0 aliphatic rings. The van der Waals surface area contributed by atoms with Crippen molar-refractivity contribution in [2.24, 2.45) is 0 Å². The number of rotatable bonds is 5. The number of nitrogens with one attached hydrogen (secondary N) is 2. The van der Waals surface area contributed by atoms with E-state index in [-0.39, 0.29) is 10.9 Å². The van der Waals surface area contributed by atoms with E-state index in [1.54, 1.807) is 30.3 Å². The number of halogens is 2. The first-order chi connectivity index (χ1) is 18.2. The van der Waals surface area contributed by atoms with Gasteiger partial charge in [-0.1, -0.05) is 55.2 Å². The molecule has 9 heteroatoms. The number of oxazole rings is 1. The molecule has 0 spiro atoms. The zero-order valence-corrected chi connectivity index (χ0v) is 23.1. The fourth-order valence-corrected chi connectivity index (χ4v) is 4.53. The van der Waals surface area contributed by atoms with Crippen molar-refractivity contribution in [1.29, 1.82) is 0 Å². The van der Waals surface area contributed by atoms with E-state index in [9.17, 15) is 4.79 Å². The van der Waals surface area contributed by atoms with Gasteiger partial charge < -0.3 is 14.2 Å². The maximum atomic E-state index is 12.8. The standard InChI is InChI=1S/C29H23Cl2N3O3S/c1-15(2)17-9-10-24-22(13-17)32-28(37-24)18-8-7-16(3)21(14-18)33-29(38)34-27(35)25-12-11-23(36-25)19-5-4-6-20(30)26(19)31/h4-15H,1-3H3,(H2,33,34,35,38). The van der Waals surface area contributed by atoms with Gasteiger partial charge in [0.1, 0.15) is 11.3 Å². The molecule has 0 saturated heterocycles. The first-order valence-corrected chi connectivity index (χ1v) is 13.0. The summed E-state index contributed by atoms with van der Waals surface area (Å²) in [5, 5.41) is 6.60.